The van der Waals surface area contributed by atoms with Crippen molar-refractivity contribution in [2.75, 3.05) is 13.2 Å². The molecular weight excluding hydrogens is 644 g/mol. The van der Waals surface area contributed by atoms with Crippen LogP contribution in [0.25, 0.3) is 0 Å². The molecule has 0 aromatic carbocycles. The number of aliphatic hydroxyl groups excluding tert-OH is 2. The number of esters is 1. The maximum atomic E-state index is 10.6. The largest absolute Gasteiger partial charge is 0.481 e. The molecule has 304 valence electrons. The number of carboxylic acids is 2. The summed E-state index contributed by atoms with van der Waals surface area (Å²) in [6.07, 6.45) is 33.6. The van der Waals surface area contributed by atoms with E-state index in [1.54, 1.807) is 0 Å². The van der Waals surface area contributed by atoms with E-state index in [4.69, 9.17) is 20.4 Å². The quantitative estimate of drug-likeness (QED) is 0.0291. The normalized spacial score (nSPS) is 11.4. The molecule has 8 heteroatoms. The summed E-state index contributed by atoms with van der Waals surface area (Å²) in [4.78, 5) is 31.3. The Kier molecular flexibility index (Phi) is 44.5. The molecule has 0 rings (SSSR count). The number of unbranched alkanes of at least 4 members (excludes halogenated alkanes) is 22. The molecule has 0 aliphatic heterocycles. The summed E-state index contributed by atoms with van der Waals surface area (Å²) in [7, 11) is 0. The van der Waals surface area contributed by atoms with Crippen molar-refractivity contribution in [2.45, 2.75) is 221 Å². The number of hydrogen-bond donors (Lipinski definition) is 4. The average Bonchev–Trinajstić information content (AvgIpc) is 3.07. The molecule has 0 aliphatic rings. The topological polar surface area (TPSA) is 141 Å². The zero-order valence-corrected chi connectivity index (χ0v) is 34.1. The van der Waals surface area contributed by atoms with Crippen LogP contribution in [0.1, 0.15) is 214 Å². The van der Waals surface area contributed by atoms with Crippen LogP contribution in [0.4, 0.5) is 0 Å². The predicted molar refractivity (Wildman–Crippen MR) is 213 cm³/mol. The van der Waals surface area contributed by atoms with Gasteiger partial charge in [-0.3, -0.25) is 9.59 Å². The average molecular weight is 729 g/mol. The van der Waals surface area contributed by atoms with Gasteiger partial charge < -0.3 is 25.2 Å². The minimum atomic E-state index is -1.00. The number of carboxylic acid groups (broad SMARTS) is 2. The third-order valence-electron chi connectivity index (χ3n) is 8.81. The van der Waals surface area contributed by atoms with E-state index in [1.807, 2.05) is 0 Å². The van der Waals surface area contributed by atoms with Gasteiger partial charge in [-0.15, -0.1) is 0 Å². The smallest absolute Gasteiger partial charge is 0.333 e. The second-order valence-electron chi connectivity index (χ2n) is 15.4. The first-order chi connectivity index (χ1) is 24.3. The van der Waals surface area contributed by atoms with E-state index in [-0.39, 0.29) is 12.2 Å². The second-order valence-corrected chi connectivity index (χ2v) is 15.4. The van der Waals surface area contributed by atoms with Gasteiger partial charge in [0.2, 0.25) is 0 Å². The lowest BCUT2D eigenvalue weighted by atomic mass is 10.0. The van der Waals surface area contributed by atoms with E-state index in [0.29, 0.717) is 12.8 Å². The fraction of sp³-hybridized carbons (Fsp3) is 0.884. The van der Waals surface area contributed by atoms with Crippen LogP contribution in [0.3, 0.4) is 0 Å². The van der Waals surface area contributed by atoms with Crippen LogP contribution in [-0.2, 0) is 19.1 Å². The molecule has 0 radical (unpaired) electrons. The fourth-order valence-electron chi connectivity index (χ4n) is 5.54. The first-order valence-electron chi connectivity index (χ1n) is 20.9. The van der Waals surface area contributed by atoms with Crippen molar-refractivity contribution in [3.8, 4) is 0 Å². The van der Waals surface area contributed by atoms with Gasteiger partial charge in [-0.05, 0) is 31.6 Å². The molecule has 0 heterocycles. The summed E-state index contributed by atoms with van der Waals surface area (Å²) in [6, 6.07) is 0. The lowest BCUT2D eigenvalue weighted by Crippen LogP contribution is -2.22. The van der Waals surface area contributed by atoms with Crippen molar-refractivity contribution in [2.24, 2.45) is 11.8 Å². The molecule has 0 saturated heterocycles. The van der Waals surface area contributed by atoms with Crippen LogP contribution in [-0.4, -0.2) is 57.7 Å². The van der Waals surface area contributed by atoms with Gasteiger partial charge in [-0.1, -0.05) is 188 Å². The van der Waals surface area contributed by atoms with Crippen LogP contribution in [0, 0.1) is 11.8 Å². The highest BCUT2D eigenvalue weighted by Gasteiger charge is 2.07. The highest BCUT2D eigenvalue weighted by molar-refractivity contribution is 5.86. The highest BCUT2D eigenvalue weighted by Crippen LogP contribution is 2.16. The Labute approximate surface area is 314 Å². The van der Waals surface area contributed by atoms with Crippen molar-refractivity contribution in [1.29, 1.82) is 0 Å². The molecule has 0 saturated carbocycles. The van der Waals surface area contributed by atoms with Crippen molar-refractivity contribution < 1.29 is 39.5 Å². The molecule has 0 bridgehead atoms. The number of rotatable bonds is 34. The molecule has 51 heavy (non-hydrogen) atoms. The molecule has 0 fully saturated rings. The van der Waals surface area contributed by atoms with E-state index in [9.17, 15) is 14.4 Å². The van der Waals surface area contributed by atoms with Gasteiger partial charge in [0.1, 0.15) is 12.7 Å². The third-order valence-corrected chi connectivity index (χ3v) is 8.81. The monoisotopic (exact) mass is 729 g/mol. The number of ether oxygens (including phenoxy) is 1. The predicted octanol–water partition coefficient (Wildman–Crippen LogP) is 11.8. The van der Waals surface area contributed by atoms with Crippen molar-refractivity contribution in [3.63, 3.8) is 0 Å². The van der Waals surface area contributed by atoms with E-state index in [1.165, 1.54) is 148 Å². The summed E-state index contributed by atoms with van der Waals surface area (Å²) in [5.74, 6) is -0.134. The van der Waals surface area contributed by atoms with Gasteiger partial charge in [-0.2, -0.15) is 0 Å². The van der Waals surface area contributed by atoms with E-state index >= 15 is 0 Å². The third kappa shape index (κ3) is 55.0. The lowest BCUT2D eigenvalue weighted by Gasteiger charge is -2.07. The first kappa shape index (κ1) is 53.4. The Morgan fingerprint density at radius 1 is 0.510 bits per heavy atom. The Hall–Kier alpha value is -1.93. The van der Waals surface area contributed by atoms with Crippen molar-refractivity contribution in [3.05, 3.63) is 12.2 Å². The summed E-state index contributed by atoms with van der Waals surface area (Å²) in [5, 5.41) is 34.1. The maximum Gasteiger partial charge on any atom is 0.333 e. The van der Waals surface area contributed by atoms with Crippen LogP contribution < -0.4 is 0 Å². The van der Waals surface area contributed by atoms with Crippen molar-refractivity contribution >= 4 is 17.9 Å². The number of carbonyl (C=O) groups excluding carboxylic acids is 1. The van der Waals surface area contributed by atoms with Gasteiger partial charge >= 0.3 is 17.9 Å². The molecule has 0 aromatic heterocycles. The van der Waals surface area contributed by atoms with Crippen LogP contribution >= 0.6 is 0 Å². The fourth-order valence-corrected chi connectivity index (χ4v) is 5.54. The first-order valence-corrected chi connectivity index (χ1v) is 20.9. The molecule has 0 amide bonds. The number of aliphatic carboxylic acids is 2. The Morgan fingerprint density at radius 3 is 0.980 bits per heavy atom. The molecule has 0 aliphatic carbocycles. The molecule has 8 nitrogen and oxygen atoms in total. The number of hydrogen-bond acceptors (Lipinski definition) is 6. The molecule has 1 unspecified atom stereocenters. The number of aliphatic hydroxyl groups is 2. The lowest BCUT2D eigenvalue weighted by molar-refractivity contribution is -0.142. The molecule has 1 atom stereocenters. The molecule has 0 aromatic rings. The minimum Gasteiger partial charge on any atom is -0.481 e. The zero-order valence-electron chi connectivity index (χ0n) is 34.1. The molecule has 0 spiro atoms. The second kappa shape index (κ2) is 42.5. The highest BCUT2D eigenvalue weighted by atomic mass is 16.5. The SMILES string of the molecule is C=C(C)C(=O)OCC(O)CO.CC(C)CCCCCCCCCCCCCCC(=O)O.CC(C)CCCCCCCCCCCCCCC(=O)O. The molecular formula is C43H84O8. The van der Waals surface area contributed by atoms with E-state index < -0.39 is 30.6 Å². The maximum absolute atomic E-state index is 10.6. The number of carbonyl (C=O) groups is 3. The molecule has 4 N–H and O–H groups in total. The summed E-state index contributed by atoms with van der Waals surface area (Å²) < 4.78 is 4.51. The van der Waals surface area contributed by atoms with E-state index in [2.05, 4.69) is 39.0 Å². The van der Waals surface area contributed by atoms with Gasteiger partial charge in [0.15, 0.2) is 0 Å². The summed E-state index contributed by atoms with van der Waals surface area (Å²) in [6.45, 7) is 13.5. The van der Waals surface area contributed by atoms with Crippen LogP contribution in [0.15, 0.2) is 12.2 Å². The van der Waals surface area contributed by atoms with Gasteiger partial charge in [0.25, 0.3) is 0 Å². The van der Waals surface area contributed by atoms with Gasteiger partial charge in [0.05, 0.1) is 6.61 Å². The zero-order chi connectivity index (χ0) is 39.0. The summed E-state index contributed by atoms with van der Waals surface area (Å²) in [5.41, 5.74) is 0.273. The summed E-state index contributed by atoms with van der Waals surface area (Å²) >= 11 is 0. The van der Waals surface area contributed by atoms with Crippen LogP contribution in [0.2, 0.25) is 0 Å². The Balaban J connectivity index is -0.000000708. The van der Waals surface area contributed by atoms with E-state index in [0.717, 1.165) is 37.5 Å². The van der Waals surface area contributed by atoms with Gasteiger partial charge in [0, 0.05) is 18.4 Å². The van der Waals surface area contributed by atoms with Crippen molar-refractivity contribution in [1.82, 2.24) is 0 Å². The standard InChI is InChI=1S/2C18H36O2.C7H12O4/c2*1-17(2)15-13-11-9-7-5-3-4-6-8-10-12-14-16-18(19)20;1-5(2)7(10)11-4-6(9)3-8/h2*17H,3-16H2,1-2H3,(H,19,20);6,8-9H,1,3-4H2,2H3. The minimum absolute atomic E-state index is 0.192. The Bertz CT molecular complexity index is 734. The van der Waals surface area contributed by atoms with Crippen LogP contribution in [0.5, 0.6) is 0 Å². The van der Waals surface area contributed by atoms with Gasteiger partial charge in [-0.25, -0.2) is 4.79 Å². The Morgan fingerprint density at radius 2 is 0.765 bits per heavy atom.